The average molecular weight is 343 g/mol. The number of nitrogens with one attached hydrogen (secondary N) is 1. The Balaban J connectivity index is 2.08. The first kappa shape index (κ1) is 18.7. The monoisotopic (exact) mass is 343 g/mol. The van der Waals surface area contributed by atoms with Crippen molar-refractivity contribution in [3.63, 3.8) is 0 Å². The van der Waals surface area contributed by atoms with Crippen molar-refractivity contribution in [2.75, 3.05) is 5.32 Å². The molecule has 0 spiro atoms. The highest BCUT2D eigenvalue weighted by Gasteiger charge is 2.21. The normalized spacial score (nSPS) is 12.7. The van der Waals surface area contributed by atoms with Crippen LogP contribution in [0, 0.1) is 5.92 Å². The summed E-state index contributed by atoms with van der Waals surface area (Å²) in [6.07, 6.45) is 0.459. The van der Waals surface area contributed by atoms with E-state index < -0.39 is 11.9 Å². The van der Waals surface area contributed by atoms with E-state index in [-0.39, 0.29) is 11.3 Å². The van der Waals surface area contributed by atoms with Gasteiger partial charge in [0.1, 0.15) is 5.69 Å². The van der Waals surface area contributed by atoms with Gasteiger partial charge in [-0.15, -0.1) is 0 Å². The lowest BCUT2D eigenvalue weighted by molar-refractivity contribution is -0.141. The number of carbonyl (C=O) groups is 2. The summed E-state index contributed by atoms with van der Waals surface area (Å²) in [5.74, 6) is -1.48. The van der Waals surface area contributed by atoms with Crippen molar-refractivity contribution in [3.05, 3.63) is 47.3 Å². The van der Waals surface area contributed by atoms with Gasteiger partial charge in [0.25, 0.3) is 5.91 Å². The second kappa shape index (κ2) is 7.09. The van der Waals surface area contributed by atoms with Crippen LogP contribution in [-0.4, -0.2) is 26.8 Å². The molecular formula is C19H25N3O3. The molecule has 0 aliphatic heterocycles. The summed E-state index contributed by atoms with van der Waals surface area (Å²) in [6.45, 7) is 7.82. The van der Waals surface area contributed by atoms with Crippen LogP contribution < -0.4 is 5.32 Å². The maximum atomic E-state index is 12.5. The maximum Gasteiger partial charge on any atom is 0.306 e. The number of carbonyl (C=O) groups excluding carboxylic acids is 1. The van der Waals surface area contributed by atoms with E-state index in [4.69, 9.17) is 5.11 Å². The SMILES string of the molecule is CC(Cc1ccc(NC(=O)c2cc(C(C)(C)C)nn2C)cc1)C(=O)O. The Morgan fingerprint density at radius 3 is 2.32 bits per heavy atom. The van der Waals surface area contributed by atoms with Gasteiger partial charge in [-0.05, 0) is 30.2 Å². The zero-order valence-electron chi connectivity index (χ0n) is 15.3. The number of aryl methyl sites for hydroxylation is 1. The highest BCUT2D eigenvalue weighted by Crippen LogP contribution is 2.22. The minimum atomic E-state index is -0.816. The smallest absolute Gasteiger partial charge is 0.306 e. The number of nitrogens with zero attached hydrogens (tertiary/aromatic N) is 2. The molecule has 1 aromatic carbocycles. The lowest BCUT2D eigenvalue weighted by atomic mass is 9.92. The predicted octanol–water partition coefficient (Wildman–Crippen LogP) is 3.23. The molecule has 134 valence electrons. The standard InChI is InChI=1S/C19H25N3O3/c1-12(18(24)25)10-13-6-8-14(9-7-13)20-17(23)15-11-16(19(2,3)4)21-22(15)5/h6-9,11-12H,10H2,1-5H3,(H,20,23)(H,24,25). The molecule has 0 bridgehead atoms. The molecule has 0 saturated heterocycles. The zero-order chi connectivity index (χ0) is 18.8. The number of carboxylic acid groups (broad SMARTS) is 1. The Kier molecular flexibility index (Phi) is 5.30. The third kappa shape index (κ3) is 4.68. The van der Waals surface area contributed by atoms with Gasteiger partial charge in [0, 0.05) is 18.2 Å². The van der Waals surface area contributed by atoms with Crippen molar-refractivity contribution in [2.24, 2.45) is 13.0 Å². The molecule has 0 aliphatic rings. The Bertz CT molecular complexity index is 770. The van der Waals surface area contributed by atoms with Crippen LogP contribution in [0.25, 0.3) is 0 Å². The van der Waals surface area contributed by atoms with Crippen molar-refractivity contribution in [3.8, 4) is 0 Å². The maximum absolute atomic E-state index is 12.5. The van der Waals surface area contributed by atoms with E-state index in [1.165, 1.54) is 0 Å². The third-order valence-corrected chi connectivity index (χ3v) is 4.06. The molecule has 1 amide bonds. The quantitative estimate of drug-likeness (QED) is 0.873. The summed E-state index contributed by atoms with van der Waals surface area (Å²) in [6, 6.07) is 9.03. The average Bonchev–Trinajstić information content (AvgIpc) is 2.91. The number of rotatable bonds is 5. The van der Waals surface area contributed by atoms with Gasteiger partial charge in [0.15, 0.2) is 0 Å². The molecule has 1 unspecified atom stereocenters. The summed E-state index contributed by atoms with van der Waals surface area (Å²) in [4.78, 5) is 23.4. The third-order valence-electron chi connectivity index (χ3n) is 4.06. The highest BCUT2D eigenvalue weighted by molar-refractivity contribution is 6.03. The molecule has 0 saturated carbocycles. The van der Waals surface area contributed by atoms with E-state index >= 15 is 0 Å². The molecule has 6 nitrogen and oxygen atoms in total. The van der Waals surface area contributed by atoms with Gasteiger partial charge in [0.2, 0.25) is 0 Å². The molecule has 1 heterocycles. The molecule has 1 atom stereocenters. The largest absolute Gasteiger partial charge is 0.481 e. The molecule has 0 fully saturated rings. The Morgan fingerprint density at radius 1 is 1.24 bits per heavy atom. The van der Waals surface area contributed by atoms with Gasteiger partial charge in [-0.2, -0.15) is 5.10 Å². The second-order valence-corrected chi connectivity index (χ2v) is 7.38. The van der Waals surface area contributed by atoms with Crippen LogP contribution in [0.4, 0.5) is 5.69 Å². The van der Waals surface area contributed by atoms with E-state index in [1.807, 2.05) is 32.9 Å². The van der Waals surface area contributed by atoms with Crippen molar-refractivity contribution >= 4 is 17.6 Å². The number of aromatic nitrogens is 2. The van der Waals surface area contributed by atoms with E-state index in [1.54, 1.807) is 36.9 Å². The van der Waals surface area contributed by atoms with Crippen LogP contribution >= 0.6 is 0 Å². The van der Waals surface area contributed by atoms with Crippen molar-refractivity contribution in [1.82, 2.24) is 9.78 Å². The Labute approximate surface area is 147 Å². The van der Waals surface area contributed by atoms with E-state index in [0.29, 0.717) is 17.8 Å². The number of hydrogen-bond acceptors (Lipinski definition) is 3. The number of amides is 1. The van der Waals surface area contributed by atoms with Gasteiger partial charge >= 0.3 is 5.97 Å². The first-order valence-corrected chi connectivity index (χ1v) is 8.25. The number of anilines is 1. The summed E-state index contributed by atoms with van der Waals surface area (Å²) >= 11 is 0. The van der Waals surface area contributed by atoms with Crippen LogP contribution in [0.5, 0.6) is 0 Å². The Morgan fingerprint density at radius 2 is 1.84 bits per heavy atom. The van der Waals surface area contributed by atoms with E-state index in [0.717, 1.165) is 11.3 Å². The summed E-state index contributed by atoms with van der Waals surface area (Å²) in [7, 11) is 1.75. The number of aliphatic carboxylic acids is 1. The second-order valence-electron chi connectivity index (χ2n) is 7.38. The lowest BCUT2D eigenvalue weighted by Crippen LogP contribution is -2.16. The van der Waals surface area contributed by atoms with Crippen LogP contribution in [0.15, 0.2) is 30.3 Å². The van der Waals surface area contributed by atoms with Crippen LogP contribution in [0.3, 0.4) is 0 Å². The molecule has 6 heteroatoms. The van der Waals surface area contributed by atoms with Crippen molar-refractivity contribution in [2.45, 2.75) is 39.5 Å². The fraction of sp³-hybridized carbons (Fsp3) is 0.421. The minimum absolute atomic E-state index is 0.126. The predicted molar refractivity (Wildman–Crippen MR) is 96.8 cm³/mol. The Hall–Kier alpha value is -2.63. The van der Waals surface area contributed by atoms with E-state index in [2.05, 4.69) is 10.4 Å². The molecule has 2 N–H and O–H groups in total. The van der Waals surface area contributed by atoms with Gasteiger partial charge in [-0.3, -0.25) is 14.3 Å². The van der Waals surface area contributed by atoms with Gasteiger partial charge in [-0.25, -0.2) is 0 Å². The highest BCUT2D eigenvalue weighted by atomic mass is 16.4. The molecule has 25 heavy (non-hydrogen) atoms. The summed E-state index contributed by atoms with van der Waals surface area (Å²) in [5, 5.41) is 16.2. The number of hydrogen-bond donors (Lipinski definition) is 2. The van der Waals surface area contributed by atoms with Crippen molar-refractivity contribution in [1.29, 1.82) is 0 Å². The molecule has 2 rings (SSSR count). The summed E-state index contributed by atoms with van der Waals surface area (Å²) in [5.41, 5.74) is 2.81. The van der Waals surface area contributed by atoms with Gasteiger partial charge in [-0.1, -0.05) is 39.8 Å². The molecule has 0 aliphatic carbocycles. The minimum Gasteiger partial charge on any atom is -0.481 e. The van der Waals surface area contributed by atoms with Gasteiger partial charge < -0.3 is 10.4 Å². The van der Waals surface area contributed by atoms with Crippen molar-refractivity contribution < 1.29 is 14.7 Å². The fourth-order valence-corrected chi connectivity index (χ4v) is 2.41. The number of carboxylic acids is 1. The van der Waals surface area contributed by atoms with Crippen LogP contribution in [-0.2, 0) is 23.7 Å². The lowest BCUT2D eigenvalue weighted by Gasteiger charge is -2.13. The summed E-state index contributed by atoms with van der Waals surface area (Å²) < 4.78 is 1.58. The van der Waals surface area contributed by atoms with Crippen LogP contribution in [0.1, 0.15) is 49.4 Å². The van der Waals surface area contributed by atoms with Crippen LogP contribution in [0.2, 0.25) is 0 Å². The van der Waals surface area contributed by atoms with E-state index in [9.17, 15) is 9.59 Å². The molecular weight excluding hydrogens is 318 g/mol. The molecule has 0 radical (unpaired) electrons. The fourth-order valence-electron chi connectivity index (χ4n) is 2.41. The zero-order valence-corrected chi connectivity index (χ0v) is 15.3. The van der Waals surface area contributed by atoms with Gasteiger partial charge in [0.05, 0.1) is 11.6 Å². The molecule has 1 aromatic heterocycles. The topological polar surface area (TPSA) is 84.2 Å². The first-order valence-electron chi connectivity index (χ1n) is 8.25. The molecule has 2 aromatic rings. The first-order chi connectivity index (χ1) is 11.6. The number of benzene rings is 1.